The number of aromatic nitrogens is 2. The molecule has 2 aromatic rings. The van der Waals surface area contributed by atoms with Crippen LogP contribution in [-0.4, -0.2) is 59.3 Å². The number of carbonyl (C=O) groups is 3. The van der Waals surface area contributed by atoms with Crippen molar-refractivity contribution in [2.24, 2.45) is 5.92 Å². The van der Waals surface area contributed by atoms with Crippen molar-refractivity contribution in [2.45, 2.75) is 38.3 Å². The molecule has 1 fully saturated rings. The third kappa shape index (κ3) is 6.50. The highest BCUT2D eigenvalue weighted by Crippen LogP contribution is 2.19. The number of benzene rings is 1. The maximum Gasteiger partial charge on any atom is 0.271 e. The first-order chi connectivity index (χ1) is 15.5. The van der Waals surface area contributed by atoms with Gasteiger partial charge in [-0.05, 0) is 30.5 Å². The Hall–Kier alpha value is -3.49. The van der Waals surface area contributed by atoms with E-state index in [2.05, 4.69) is 20.6 Å². The lowest BCUT2D eigenvalue weighted by Gasteiger charge is -2.24. The molecule has 9 heteroatoms. The van der Waals surface area contributed by atoms with E-state index in [9.17, 15) is 14.4 Å². The normalized spacial score (nSPS) is 19.3. The van der Waals surface area contributed by atoms with Crippen LogP contribution in [0, 0.1) is 5.92 Å². The van der Waals surface area contributed by atoms with Crippen molar-refractivity contribution in [1.29, 1.82) is 0 Å². The lowest BCUT2D eigenvalue weighted by atomic mass is 9.96. The molecule has 170 valence electrons. The molecule has 0 spiro atoms. The molecule has 32 heavy (non-hydrogen) atoms. The summed E-state index contributed by atoms with van der Waals surface area (Å²) in [5, 5.41) is 5.88. The van der Waals surface area contributed by atoms with E-state index in [-0.39, 0.29) is 35.9 Å². The highest BCUT2D eigenvalue weighted by molar-refractivity contribution is 5.92. The Morgan fingerprint density at radius 3 is 2.66 bits per heavy atom. The fraction of sp³-hybridized carbons (Fsp3) is 0.435. The standard InChI is InChI=1S/C23H29N5O4/c1-28-15-18(27-23(31)20-14-24-10-11-25-20)5-3-4-17(12-21(28)29)22(30)26-13-16-6-8-19(32-2)9-7-16/h6-11,14,17-18H,3-5,12-13,15H2,1-2H3,(H,26,30)(H,27,31). The molecule has 2 N–H and O–H groups in total. The van der Waals surface area contributed by atoms with Crippen LogP contribution in [0.15, 0.2) is 42.9 Å². The minimum Gasteiger partial charge on any atom is -0.497 e. The summed E-state index contributed by atoms with van der Waals surface area (Å²) in [5.41, 5.74) is 1.19. The summed E-state index contributed by atoms with van der Waals surface area (Å²) in [6.07, 6.45) is 6.47. The summed E-state index contributed by atoms with van der Waals surface area (Å²) in [6.45, 7) is 0.769. The highest BCUT2D eigenvalue weighted by Gasteiger charge is 2.28. The van der Waals surface area contributed by atoms with Crippen LogP contribution in [0.5, 0.6) is 5.75 Å². The number of methoxy groups -OCH3 is 1. The third-order valence-corrected chi connectivity index (χ3v) is 5.57. The first-order valence-corrected chi connectivity index (χ1v) is 10.7. The first kappa shape index (κ1) is 23.2. The van der Waals surface area contributed by atoms with E-state index in [1.807, 2.05) is 24.3 Å². The monoisotopic (exact) mass is 439 g/mol. The number of nitrogens with zero attached hydrogens (tertiary/aromatic N) is 3. The Morgan fingerprint density at radius 2 is 1.97 bits per heavy atom. The summed E-state index contributed by atoms with van der Waals surface area (Å²) in [6, 6.07) is 7.25. The zero-order chi connectivity index (χ0) is 22.9. The molecule has 0 saturated carbocycles. The molecule has 1 saturated heterocycles. The van der Waals surface area contributed by atoms with Gasteiger partial charge < -0.3 is 20.3 Å². The molecule has 0 radical (unpaired) electrons. The summed E-state index contributed by atoms with van der Waals surface area (Å²) in [7, 11) is 3.30. The average Bonchev–Trinajstić information content (AvgIpc) is 2.88. The van der Waals surface area contributed by atoms with Gasteiger partial charge in [-0.25, -0.2) is 4.98 Å². The Bertz CT molecular complexity index is 920. The van der Waals surface area contributed by atoms with Gasteiger partial charge in [0.15, 0.2) is 0 Å². The van der Waals surface area contributed by atoms with Crippen LogP contribution < -0.4 is 15.4 Å². The maximum absolute atomic E-state index is 12.8. The Kier molecular flexibility index (Phi) is 8.13. The first-order valence-electron chi connectivity index (χ1n) is 10.7. The third-order valence-electron chi connectivity index (χ3n) is 5.57. The van der Waals surface area contributed by atoms with Crippen molar-refractivity contribution in [3.05, 3.63) is 54.1 Å². The summed E-state index contributed by atoms with van der Waals surface area (Å²) >= 11 is 0. The molecule has 3 amide bonds. The van der Waals surface area contributed by atoms with E-state index in [4.69, 9.17) is 4.74 Å². The number of rotatable bonds is 6. The summed E-state index contributed by atoms with van der Waals surface area (Å²) in [4.78, 5) is 47.4. The molecular formula is C23H29N5O4. The van der Waals surface area contributed by atoms with Crippen molar-refractivity contribution in [3.8, 4) is 5.75 Å². The molecule has 9 nitrogen and oxygen atoms in total. The number of hydrogen-bond acceptors (Lipinski definition) is 6. The Morgan fingerprint density at radius 1 is 1.19 bits per heavy atom. The van der Waals surface area contributed by atoms with Crippen LogP contribution in [0.1, 0.15) is 41.7 Å². The quantitative estimate of drug-likeness (QED) is 0.706. The van der Waals surface area contributed by atoms with Crippen molar-refractivity contribution in [2.75, 3.05) is 20.7 Å². The minimum atomic E-state index is -0.405. The average molecular weight is 440 g/mol. The maximum atomic E-state index is 12.8. The molecule has 2 unspecified atom stereocenters. The van der Waals surface area contributed by atoms with Gasteiger partial charge in [0.25, 0.3) is 5.91 Å². The Balaban J connectivity index is 1.56. The summed E-state index contributed by atoms with van der Waals surface area (Å²) in [5.74, 6) is -0.222. The van der Waals surface area contributed by atoms with Crippen LogP contribution in [0.2, 0.25) is 0 Å². The number of hydrogen-bond donors (Lipinski definition) is 2. The molecule has 3 rings (SSSR count). The van der Waals surface area contributed by atoms with Gasteiger partial charge in [-0.2, -0.15) is 0 Å². The van der Waals surface area contributed by atoms with Gasteiger partial charge >= 0.3 is 0 Å². The molecule has 1 aliphatic heterocycles. The molecular weight excluding hydrogens is 410 g/mol. The largest absolute Gasteiger partial charge is 0.497 e. The number of ether oxygens (including phenoxy) is 1. The lowest BCUT2D eigenvalue weighted by Crippen LogP contribution is -2.44. The molecule has 0 bridgehead atoms. The second-order valence-electron chi connectivity index (χ2n) is 7.93. The molecule has 2 atom stereocenters. The topological polar surface area (TPSA) is 114 Å². The van der Waals surface area contributed by atoms with Gasteiger partial charge in [-0.1, -0.05) is 18.6 Å². The zero-order valence-electron chi connectivity index (χ0n) is 18.4. The van der Waals surface area contributed by atoms with Gasteiger partial charge in [-0.3, -0.25) is 19.4 Å². The van der Waals surface area contributed by atoms with Gasteiger partial charge in [-0.15, -0.1) is 0 Å². The zero-order valence-corrected chi connectivity index (χ0v) is 18.4. The molecule has 1 aromatic carbocycles. The number of nitrogens with one attached hydrogen (secondary N) is 2. The smallest absolute Gasteiger partial charge is 0.271 e. The van der Waals surface area contributed by atoms with Gasteiger partial charge in [0.1, 0.15) is 11.4 Å². The second kappa shape index (κ2) is 11.2. The van der Waals surface area contributed by atoms with E-state index in [0.717, 1.165) is 11.3 Å². The number of amides is 3. The number of carbonyl (C=O) groups excluding carboxylic acids is 3. The van der Waals surface area contributed by atoms with Crippen molar-refractivity contribution >= 4 is 17.7 Å². The van der Waals surface area contributed by atoms with E-state index in [1.165, 1.54) is 18.6 Å². The van der Waals surface area contributed by atoms with Crippen LogP contribution >= 0.6 is 0 Å². The van der Waals surface area contributed by atoms with Crippen LogP contribution in [-0.2, 0) is 16.1 Å². The molecule has 1 aromatic heterocycles. The SMILES string of the molecule is COc1ccc(CNC(=O)C2CCCC(NC(=O)c3cnccn3)CN(C)C(=O)C2)cc1. The van der Waals surface area contributed by atoms with Crippen LogP contribution in [0.4, 0.5) is 0 Å². The van der Waals surface area contributed by atoms with Crippen LogP contribution in [0.3, 0.4) is 0 Å². The predicted octanol–water partition coefficient (Wildman–Crippen LogP) is 1.55. The second-order valence-corrected chi connectivity index (χ2v) is 7.93. The summed E-state index contributed by atoms with van der Waals surface area (Å²) < 4.78 is 5.14. The van der Waals surface area contributed by atoms with E-state index in [1.54, 1.807) is 19.1 Å². The van der Waals surface area contributed by atoms with E-state index < -0.39 is 5.92 Å². The van der Waals surface area contributed by atoms with Crippen LogP contribution in [0.25, 0.3) is 0 Å². The lowest BCUT2D eigenvalue weighted by molar-refractivity contribution is -0.135. The van der Waals surface area contributed by atoms with E-state index in [0.29, 0.717) is 32.4 Å². The minimum absolute atomic E-state index is 0.116. The molecule has 0 aliphatic carbocycles. The fourth-order valence-electron chi connectivity index (χ4n) is 3.70. The molecule has 2 heterocycles. The molecule has 1 aliphatic rings. The van der Waals surface area contributed by atoms with E-state index >= 15 is 0 Å². The predicted molar refractivity (Wildman–Crippen MR) is 118 cm³/mol. The number of likely N-dealkylation sites (N-methyl/N-ethyl adjacent to an activating group) is 1. The van der Waals surface area contributed by atoms with Crippen molar-refractivity contribution in [3.63, 3.8) is 0 Å². The Labute approximate surface area is 187 Å². The van der Waals surface area contributed by atoms with Crippen molar-refractivity contribution in [1.82, 2.24) is 25.5 Å². The highest BCUT2D eigenvalue weighted by atomic mass is 16.5. The van der Waals surface area contributed by atoms with Gasteiger partial charge in [0.05, 0.1) is 13.3 Å². The van der Waals surface area contributed by atoms with Gasteiger partial charge in [0.2, 0.25) is 11.8 Å². The van der Waals surface area contributed by atoms with Gasteiger partial charge in [0, 0.05) is 50.9 Å². The van der Waals surface area contributed by atoms with Crippen molar-refractivity contribution < 1.29 is 19.1 Å². The fourth-order valence-corrected chi connectivity index (χ4v) is 3.70.